The molecule has 0 saturated carbocycles. The maximum absolute atomic E-state index is 12.8. The van der Waals surface area contributed by atoms with Crippen LogP contribution in [0.3, 0.4) is 0 Å². The molecule has 180 valence electrons. The molecule has 34 heavy (non-hydrogen) atoms. The topological polar surface area (TPSA) is 109 Å². The number of urea groups is 2. The van der Waals surface area contributed by atoms with Crippen LogP contribution in [0.4, 0.5) is 21.0 Å². The van der Waals surface area contributed by atoms with Crippen molar-refractivity contribution in [1.29, 1.82) is 0 Å². The summed E-state index contributed by atoms with van der Waals surface area (Å²) in [5, 5.41) is 8.43. The highest BCUT2D eigenvalue weighted by atomic mass is 16.5. The first-order valence-corrected chi connectivity index (χ1v) is 11.1. The second-order valence-electron chi connectivity index (χ2n) is 7.81. The lowest BCUT2D eigenvalue weighted by molar-refractivity contribution is -0.136. The molecule has 1 aliphatic heterocycles. The van der Waals surface area contributed by atoms with Gasteiger partial charge in [0, 0.05) is 29.7 Å². The third-order valence-electron chi connectivity index (χ3n) is 5.54. The number of hydrogen-bond donors (Lipinski definition) is 3. The molecule has 1 atom stereocenters. The van der Waals surface area contributed by atoms with E-state index in [2.05, 4.69) is 16.0 Å². The Morgan fingerprint density at radius 3 is 2.38 bits per heavy atom. The first kappa shape index (κ1) is 24.6. The molecule has 0 aromatic heterocycles. The summed E-state index contributed by atoms with van der Waals surface area (Å²) in [4.78, 5) is 39.5. The van der Waals surface area contributed by atoms with Crippen molar-refractivity contribution in [2.45, 2.75) is 32.7 Å². The summed E-state index contributed by atoms with van der Waals surface area (Å²) in [6, 6.07) is 12.5. The van der Waals surface area contributed by atoms with Crippen molar-refractivity contribution in [3.05, 3.63) is 65.4 Å². The van der Waals surface area contributed by atoms with Crippen molar-refractivity contribution in [3.8, 4) is 5.75 Å². The molecule has 0 bridgehead atoms. The van der Waals surface area contributed by atoms with E-state index in [1.165, 1.54) is 7.11 Å². The van der Waals surface area contributed by atoms with E-state index in [0.29, 0.717) is 40.5 Å². The third kappa shape index (κ3) is 5.67. The zero-order chi connectivity index (χ0) is 24.7. The summed E-state index contributed by atoms with van der Waals surface area (Å²) >= 11 is 0. The van der Waals surface area contributed by atoms with E-state index in [0.717, 1.165) is 12.8 Å². The van der Waals surface area contributed by atoms with Gasteiger partial charge in [0.25, 0.3) is 0 Å². The lowest BCUT2D eigenvalue weighted by Crippen LogP contribution is -2.48. The van der Waals surface area contributed by atoms with Crippen LogP contribution in [0.25, 0.3) is 0 Å². The van der Waals surface area contributed by atoms with E-state index >= 15 is 0 Å². The molecule has 0 radical (unpaired) electrons. The van der Waals surface area contributed by atoms with Crippen LogP contribution in [0.15, 0.2) is 59.8 Å². The molecule has 1 unspecified atom stereocenters. The number of nitrogens with zero attached hydrogens (tertiary/aromatic N) is 1. The van der Waals surface area contributed by atoms with Gasteiger partial charge < -0.3 is 25.4 Å². The number of hydrogen-bond acceptors (Lipinski definition) is 5. The van der Waals surface area contributed by atoms with E-state index in [9.17, 15) is 14.4 Å². The fraction of sp³-hybridized carbons (Fsp3) is 0.320. The number of nitrogens with one attached hydrogen (secondary N) is 3. The van der Waals surface area contributed by atoms with Gasteiger partial charge in [0.15, 0.2) is 0 Å². The van der Waals surface area contributed by atoms with Crippen LogP contribution in [-0.4, -0.2) is 43.7 Å². The SMILES string of the molecule is CCCCN1C(=O)NC(c2cccc(NC(=O)Nc3cccc(OC)c3)c2)C(C(=O)OC)=C1C. The minimum atomic E-state index is -0.707. The van der Waals surface area contributed by atoms with Crippen LogP contribution in [0.5, 0.6) is 5.75 Å². The number of methoxy groups -OCH3 is 2. The number of benzene rings is 2. The average molecular weight is 467 g/mol. The van der Waals surface area contributed by atoms with Crippen molar-refractivity contribution in [3.63, 3.8) is 0 Å². The highest BCUT2D eigenvalue weighted by Gasteiger charge is 2.36. The van der Waals surface area contributed by atoms with Crippen LogP contribution in [0, 0.1) is 0 Å². The van der Waals surface area contributed by atoms with Crippen LogP contribution in [-0.2, 0) is 9.53 Å². The fourth-order valence-corrected chi connectivity index (χ4v) is 3.78. The molecule has 2 aromatic rings. The van der Waals surface area contributed by atoms with Crippen LogP contribution in [0.2, 0.25) is 0 Å². The Labute approximate surface area is 199 Å². The first-order chi connectivity index (χ1) is 16.4. The fourth-order valence-electron chi connectivity index (χ4n) is 3.78. The van der Waals surface area contributed by atoms with E-state index in [1.807, 2.05) is 6.92 Å². The van der Waals surface area contributed by atoms with Crippen LogP contribution < -0.4 is 20.7 Å². The maximum Gasteiger partial charge on any atom is 0.337 e. The predicted octanol–water partition coefficient (Wildman–Crippen LogP) is 4.65. The number of ether oxygens (including phenoxy) is 2. The van der Waals surface area contributed by atoms with Crippen molar-refractivity contribution in [2.24, 2.45) is 0 Å². The number of rotatable bonds is 8. The number of unbranched alkanes of at least 4 members (excludes halogenated alkanes) is 1. The molecule has 3 N–H and O–H groups in total. The molecule has 2 aromatic carbocycles. The summed E-state index contributed by atoms with van der Waals surface area (Å²) < 4.78 is 10.2. The minimum Gasteiger partial charge on any atom is -0.497 e. The molecule has 1 heterocycles. The van der Waals surface area contributed by atoms with Crippen LogP contribution >= 0.6 is 0 Å². The summed E-state index contributed by atoms with van der Waals surface area (Å²) in [5.74, 6) is 0.108. The van der Waals surface area contributed by atoms with Gasteiger partial charge in [0.05, 0.1) is 25.8 Å². The molecule has 0 saturated heterocycles. The number of allylic oxidation sites excluding steroid dienone is 1. The summed E-state index contributed by atoms with van der Waals surface area (Å²) in [7, 11) is 2.86. The van der Waals surface area contributed by atoms with Gasteiger partial charge in [-0.15, -0.1) is 0 Å². The second-order valence-corrected chi connectivity index (χ2v) is 7.81. The average Bonchev–Trinajstić information content (AvgIpc) is 2.83. The highest BCUT2D eigenvalue weighted by molar-refractivity contribution is 6.00. The van der Waals surface area contributed by atoms with Crippen molar-refractivity contribution < 1.29 is 23.9 Å². The molecular formula is C25H30N4O5. The molecule has 1 aliphatic rings. The van der Waals surface area contributed by atoms with Gasteiger partial charge in [0.2, 0.25) is 0 Å². The largest absolute Gasteiger partial charge is 0.497 e. The lowest BCUT2D eigenvalue weighted by Gasteiger charge is -2.35. The molecule has 3 rings (SSSR count). The van der Waals surface area contributed by atoms with E-state index in [-0.39, 0.29) is 6.03 Å². The highest BCUT2D eigenvalue weighted by Crippen LogP contribution is 2.32. The molecule has 9 heteroatoms. The molecule has 4 amide bonds. The number of anilines is 2. The van der Waals surface area contributed by atoms with Crippen molar-refractivity contribution in [2.75, 3.05) is 31.4 Å². The van der Waals surface area contributed by atoms with E-state index in [4.69, 9.17) is 9.47 Å². The summed E-state index contributed by atoms with van der Waals surface area (Å²) in [6.45, 7) is 4.29. The van der Waals surface area contributed by atoms with Gasteiger partial charge in [-0.05, 0) is 43.2 Å². The van der Waals surface area contributed by atoms with E-state index in [1.54, 1.807) is 67.5 Å². The van der Waals surface area contributed by atoms with Gasteiger partial charge >= 0.3 is 18.0 Å². The standard InChI is InChI=1S/C25H30N4O5/c1-5-6-13-29-16(2)21(23(30)34-4)22(28-25(29)32)17-9-7-10-18(14-17)26-24(31)27-19-11-8-12-20(15-19)33-3/h7-12,14-15,22H,5-6,13H2,1-4H3,(H,28,32)(H2,26,27,31). The van der Waals surface area contributed by atoms with Crippen LogP contribution in [0.1, 0.15) is 38.3 Å². The Balaban J connectivity index is 1.83. The number of amides is 4. The summed E-state index contributed by atoms with van der Waals surface area (Å²) in [6.07, 6.45) is 1.73. The zero-order valence-corrected chi connectivity index (χ0v) is 19.8. The zero-order valence-electron chi connectivity index (χ0n) is 19.8. The van der Waals surface area contributed by atoms with Gasteiger partial charge in [-0.3, -0.25) is 4.90 Å². The van der Waals surface area contributed by atoms with Gasteiger partial charge in [-0.25, -0.2) is 14.4 Å². The molecule has 0 fully saturated rings. The number of carbonyl (C=O) groups excluding carboxylic acids is 3. The Hall–Kier alpha value is -4.01. The van der Waals surface area contributed by atoms with E-state index < -0.39 is 18.0 Å². The van der Waals surface area contributed by atoms with Gasteiger partial charge in [0.1, 0.15) is 5.75 Å². The smallest absolute Gasteiger partial charge is 0.337 e. The Kier molecular flexibility index (Phi) is 8.13. The second kappa shape index (κ2) is 11.2. The van der Waals surface area contributed by atoms with Crippen molar-refractivity contribution in [1.82, 2.24) is 10.2 Å². The Morgan fingerprint density at radius 2 is 1.74 bits per heavy atom. The Bertz CT molecular complexity index is 1100. The maximum atomic E-state index is 12.8. The normalized spacial score (nSPS) is 15.5. The third-order valence-corrected chi connectivity index (χ3v) is 5.54. The number of esters is 1. The lowest BCUT2D eigenvalue weighted by atomic mass is 9.94. The van der Waals surface area contributed by atoms with Crippen molar-refractivity contribution >= 4 is 29.4 Å². The summed E-state index contributed by atoms with van der Waals surface area (Å²) in [5.41, 5.74) is 2.63. The predicted molar refractivity (Wildman–Crippen MR) is 130 cm³/mol. The van der Waals surface area contributed by atoms with Gasteiger partial charge in [-0.2, -0.15) is 0 Å². The monoisotopic (exact) mass is 466 g/mol. The quantitative estimate of drug-likeness (QED) is 0.491. The molecular weight excluding hydrogens is 436 g/mol. The first-order valence-electron chi connectivity index (χ1n) is 11.1. The molecule has 9 nitrogen and oxygen atoms in total. The molecule has 0 aliphatic carbocycles. The Morgan fingerprint density at radius 1 is 1.06 bits per heavy atom. The molecule has 0 spiro atoms. The number of carbonyl (C=O) groups is 3. The minimum absolute atomic E-state index is 0.280. The van der Waals surface area contributed by atoms with Gasteiger partial charge in [-0.1, -0.05) is 31.5 Å².